The lowest BCUT2D eigenvalue weighted by Gasteiger charge is -2.24. The van der Waals surface area contributed by atoms with Gasteiger partial charge in [-0.15, -0.1) is 0 Å². The van der Waals surface area contributed by atoms with Crippen molar-refractivity contribution in [2.45, 2.75) is 0 Å². The van der Waals surface area contributed by atoms with E-state index in [9.17, 15) is 19.7 Å². The smallest absolute Gasteiger partial charge is 0.366 e. The summed E-state index contributed by atoms with van der Waals surface area (Å²) in [5.74, 6) is -1.17. The number of rotatable bonds is 4. The first-order valence-corrected chi connectivity index (χ1v) is 7.63. The third kappa shape index (κ3) is 2.65. The predicted molar refractivity (Wildman–Crippen MR) is 89.3 cm³/mol. The Bertz CT molecular complexity index is 1020. The number of fused-ring (bicyclic) bond motifs is 2. The van der Waals surface area contributed by atoms with Gasteiger partial charge in [0.2, 0.25) is 5.78 Å². The van der Waals surface area contributed by atoms with Crippen molar-refractivity contribution in [3.05, 3.63) is 58.3 Å². The van der Waals surface area contributed by atoms with E-state index in [0.717, 1.165) is 10.3 Å². The monoisotopic (exact) mass is 353 g/mol. The van der Waals surface area contributed by atoms with Crippen LogP contribution in [0.2, 0.25) is 0 Å². The molecule has 3 heterocycles. The molecule has 0 atom stereocenters. The van der Waals surface area contributed by atoms with Gasteiger partial charge in [0.15, 0.2) is 18.1 Å². The number of hydrogen-bond acceptors (Lipinski definition) is 7. The minimum Gasteiger partial charge on any atom is -0.477 e. The highest BCUT2D eigenvalue weighted by molar-refractivity contribution is 6.06. The van der Waals surface area contributed by atoms with E-state index in [0.29, 0.717) is 5.58 Å². The number of Topliss-reactive ketones (excluding diaryl/α,β-unsaturated/α-hetero) is 1. The van der Waals surface area contributed by atoms with E-state index < -0.39 is 22.4 Å². The molecular weight excluding hydrogens is 342 g/mol. The van der Waals surface area contributed by atoms with Crippen molar-refractivity contribution < 1.29 is 23.7 Å². The van der Waals surface area contributed by atoms with Gasteiger partial charge in [0.25, 0.3) is 11.7 Å². The molecule has 0 fully saturated rings. The van der Waals surface area contributed by atoms with Gasteiger partial charge in [-0.1, -0.05) is 18.2 Å². The van der Waals surface area contributed by atoms with Crippen LogP contribution >= 0.6 is 0 Å². The number of furan rings is 1. The zero-order chi connectivity index (χ0) is 18.3. The number of para-hydroxylation sites is 1. The third-order valence-electron chi connectivity index (χ3n) is 3.92. The van der Waals surface area contributed by atoms with Crippen LogP contribution in [0.1, 0.15) is 10.6 Å². The molecule has 130 valence electrons. The van der Waals surface area contributed by atoms with Crippen LogP contribution in [0.3, 0.4) is 0 Å². The molecular formula is C17H11N3O6. The maximum absolute atomic E-state index is 12.6. The molecule has 0 radical (unpaired) electrons. The summed E-state index contributed by atoms with van der Waals surface area (Å²) in [6.07, 6.45) is 0. The first-order chi connectivity index (χ1) is 12.5. The summed E-state index contributed by atoms with van der Waals surface area (Å²) in [5.41, 5.74) is 0.554. The number of ether oxygens (including phenoxy) is 1. The van der Waals surface area contributed by atoms with Gasteiger partial charge in [0, 0.05) is 11.5 Å². The van der Waals surface area contributed by atoms with Crippen molar-refractivity contribution in [2.75, 3.05) is 18.1 Å². The molecule has 9 heteroatoms. The molecule has 4 rings (SSSR count). The molecule has 1 aromatic carbocycles. The zero-order valence-electron chi connectivity index (χ0n) is 13.2. The van der Waals surface area contributed by atoms with Gasteiger partial charge < -0.3 is 19.3 Å². The Hall–Kier alpha value is -3.75. The fourth-order valence-electron chi connectivity index (χ4n) is 2.67. The number of aromatic nitrogens is 1. The minimum absolute atomic E-state index is 0.0556. The van der Waals surface area contributed by atoms with Crippen molar-refractivity contribution in [1.82, 2.24) is 4.98 Å². The Morgan fingerprint density at radius 1 is 1.27 bits per heavy atom. The van der Waals surface area contributed by atoms with Crippen LogP contribution in [-0.2, 0) is 4.79 Å². The summed E-state index contributed by atoms with van der Waals surface area (Å²) in [4.78, 5) is 39.9. The largest absolute Gasteiger partial charge is 0.477 e. The maximum Gasteiger partial charge on any atom is 0.366 e. The standard InChI is InChI=1S/C17H11N3O6/c21-11(14-7-10-3-1-2-4-12(10)26-14)8-19-16(22)9-25-13-5-6-15(20(23)24)18-17(13)19/h1-7H,8-9H2. The molecule has 0 aliphatic carbocycles. The van der Waals surface area contributed by atoms with E-state index >= 15 is 0 Å². The molecule has 0 spiro atoms. The molecule has 9 nitrogen and oxygen atoms in total. The van der Waals surface area contributed by atoms with Gasteiger partial charge in [-0.2, -0.15) is 0 Å². The van der Waals surface area contributed by atoms with E-state index in [-0.39, 0.29) is 30.5 Å². The van der Waals surface area contributed by atoms with Gasteiger partial charge in [-0.25, -0.2) is 0 Å². The van der Waals surface area contributed by atoms with E-state index in [1.54, 1.807) is 24.3 Å². The highest BCUT2D eigenvalue weighted by Crippen LogP contribution is 2.32. The number of carbonyl (C=O) groups excluding carboxylic acids is 2. The quantitative estimate of drug-likeness (QED) is 0.401. The van der Waals surface area contributed by atoms with Crippen LogP contribution in [0.5, 0.6) is 5.75 Å². The van der Waals surface area contributed by atoms with Gasteiger partial charge in [0.1, 0.15) is 5.58 Å². The fourth-order valence-corrected chi connectivity index (χ4v) is 2.67. The second kappa shape index (κ2) is 5.96. The number of nitrogens with zero attached hydrogens (tertiary/aromatic N) is 3. The molecule has 1 aliphatic heterocycles. The van der Waals surface area contributed by atoms with Crippen LogP contribution in [0.15, 0.2) is 46.9 Å². The van der Waals surface area contributed by atoms with Crippen LogP contribution < -0.4 is 9.64 Å². The predicted octanol–water partition coefficient (Wildman–Crippen LogP) is 2.34. The van der Waals surface area contributed by atoms with Crippen molar-refractivity contribution >= 4 is 34.3 Å². The summed E-state index contributed by atoms with van der Waals surface area (Å²) in [6.45, 7) is -0.636. The number of ketones is 1. The number of nitro groups is 1. The summed E-state index contributed by atoms with van der Waals surface area (Å²) in [6, 6.07) is 11.2. The average molecular weight is 353 g/mol. The molecule has 0 bridgehead atoms. The highest BCUT2D eigenvalue weighted by Gasteiger charge is 2.34. The number of hydrogen-bond donors (Lipinski definition) is 0. The lowest BCUT2D eigenvalue weighted by atomic mass is 10.2. The summed E-state index contributed by atoms with van der Waals surface area (Å²) < 4.78 is 10.7. The number of anilines is 1. The summed E-state index contributed by atoms with van der Waals surface area (Å²) in [7, 11) is 0. The molecule has 1 amide bonds. The average Bonchev–Trinajstić information content (AvgIpc) is 3.08. The molecule has 1 aliphatic rings. The molecule has 0 unspecified atom stereocenters. The zero-order valence-corrected chi connectivity index (χ0v) is 13.2. The van der Waals surface area contributed by atoms with E-state index in [2.05, 4.69) is 4.98 Å². The van der Waals surface area contributed by atoms with Gasteiger partial charge in [-0.3, -0.25) is 14.5 Å². The second-order valence-electron chi connectivity index (χ2n) is 5.59. The fraction of sp³-hybridized carbons (Fsp3) is 0.118. The minimum atomic E-state index is -0.682. The first kappa shape index (κ1) is 15.8. The Kier molecular flexibility index (Phi) is 3.61. The van der Waals surface area contributed by atoms with Crippen LogP contribution in [-0.4, -0.2) is 34.7 Å². The number of amides is 1. The molecule has 2 aromatic heterocycles. The first-order valence-electron chi connectivity index (χ1n) is 7.63. The van der Waals surface area contributed by atoms with Crippen LogP contribution in [0.25, 0.3) is 11.0 Å². The third-order valence-corrected chi connectivity index (χ3v) is 3.92. The summed E-state index contributed by atoms with van der Waals surface area (Å²) >= 11 is 0. The van der Waals surface area contributed by atoms with E-state index in [1.165, 1.54) is 12.1 Å². The lowest BCUT2D eigenvalue weighted by molar-refractivity contribution is -0.389. The number of carbonyl (C=O) groups is 2. The highest BCUT2D eigenvalue weighted by atomic mass is 16.6. The Morgan fingerprint density at radius 3 is 2.85 bits per heavy atom. The number of pyridine rings is 1. The van der Waals surface area contributed by atoms with Crippen LogP contribution in [0, 0.1) is 10.1 Å². The van der Waals surface area contributed by atoms with E-state index in [4.69, 9.17) is 9.15 Å². The second-order valence-corrected chi connectivity index (χ2v) is 5.59. The van der Waals surface area contributed by atoms with Crippen molar-refractivity contribution in [3.63, 3.8) is 0 Å². The van der Waals surface area contributed by atoms with Gasteiger partial charge >= 0.3 is 5.82 Å². The molecule has 0 N–H and O–H groups in total. The molecule has 3 aromatic rings. The maximum atomic E-state index is 12.6. The van der Waals surface area contributed by atoms with E-state index in [1.807, 2.05) is 6.07 Å². The SMILES string of the molecule is O=C(CN1C(=O)COc2ccc([N+](=O)[O-])nc21)c1cc2ccccc2o1. The Labute approximate surface area is 145 Å². The van der Waals surface area contributed by atoms with Gasteiger partial charge in [-0.05, 0) is 28.1 Å². The normalized spacial score (nSPS) is 13.4. The Balaban J connectivity index is 1.67. The molecule has 0 saturated carbocycles. The van der Waals surface area contributed by atoms with Crippen molar-refractivity contribution in [1.29, 1.82) is 0 Å². The lowest BCUT2D eigenvalue weighted by Crippen LogP contribution is -2.42. The molecule has 0 saturated heterocycles. The van der Waals surface area contributed by atoms with Gasteiger partial charge in [0.05, 0.1) is 6.54 Å². The Morgan fingerprint density at radius 2 is 2.08 bits per heavy atom. The number of benzene rings is 1. The topological polar surface area (TPSA) is 116 Å². The molecule has 26 heavy (non-hydrogen) atoms. The summed E-state index contributed by atoms with van der Waals surface area (Å²) in [5, 5.41) is 11.7. The van der Waals surface area contributed by atoms with Crippen molar-refractivity contribution in [2.24, 2.45) is 0 Å². The van der Waals surface area contributed by atoms with Crippen LogP contribution in [0.4, 0.5) is 11.6 Å². The van der Waals surface area contributed by atoms with Crippen molar-refractivity contribution in [3.8, 4) is 5.75 Å².